The molecule has 3 aromatic heterocycles. The van der Waals surface area contributed by atoms with Gasteiger partial charge < -0.3 is 14.6 Å². The van der Waals surface area contributed by atoms with E-state index in [-0.39, 0.29) is 17.6 Å². The van der Waals surface area contributed by atoms with E-state index in [1.54, 1.807) is 47.5 Å². The number of benzene rings is 1. The number of fused-ring (bicyclic) bond motifs is 1. The summed E-state index contributed by atoms with van der Waals surface area (Å²) < 4.78 is 5.78. The van der Waals surface area contributed by atoms with E-state index in [1.165, 1.54) is 11.8 Å². The summed E-state index contributed by atoms with van der Waals surface area (Å²) >= 11 is 2.83. The van der Waals surface area contributed by atoms with E-state index < -0.39 is 0 Å². The summed E-state index contributed by atoms with van der Waals surface area (Å²) in [6.45, 7) is 4.31. The molecule has 4 rings (SSSR count). The Morgan fingerprint density at radius 3 is 2.62 bits per heavy atom. The summed E-state index contributed by atoms with van der Waals surface area (Å²) in [7, 11) is 1.78. The SMILES string of the molecule is Cc1oc2nc(SCC(=O)N(C)Cc3cccs3)nc(NC(=O)c3ccccc3)c2c1C. The summed E-state index contributed by atoms with van der Waals surface area (Å²) in [5, 5.41) is 5.90. The van der Waals surface area contributed by atoms with Gasteiger partial charge in [-0.05, 0) is 37.4 Å². The van der Waals surface area contributed by atoms with Gasteiger partial charge in [-0.15, -0.1) is 11.3 Å². The van der Waals surface area contributed by atoms with Gasteiger partial charge >= 0.3 is 0 Å². The first kappa shape index (κ1) is 22.0. The van der Waals surface area contributed by atoms with Crippen LogP contribution in [0.15, 0.2) is 57.4 Å². The highest BCUT2D eigenvalue weighted by Crippen LogP contribution is 2.31. The molecule has 0 saturated heterocycles. The van der Waals surface area contributed by atoms with Gasteiger partial charge in [0.25, 0.3) is 5.91 Å². The average Bonchev–Trinajstić information content (AvgIpc) is 3.40. The van der Waals surface area contributed by atoms with E-state index in [1.807, 2.05) is 37.4 Å². The number of hydrogen-bond acceptors (Lipinski definition) is 7. The molecule has 32 heavy (non-hydrogen) atoms. The molecule has 0 aliphatic heterocycles. The van der Waals surface area contributed by atoms with E-state index in [9.17, 15) is 9.59 Å². The fourth-order valence-electron chi connectivity index (χ4n) is 3.12. The lowest BCUT2D eigenvalue weighted by molar-refractivity contribution is -0.127. The van der Waals surface area contributed by atoms with Crippen LogP contribution in [0, 0.1) is 13.8 Å². The number of amides is 2. The first-order valence-electron chi connectivity index (χ1n) is 9.95. The number of aryl methyl sites for hydroxylation is 2. The maximum atomic E-state index is 12.7. The van der Waals surface area contributed by atoms with Crippen molar-refractivity contribution in [3.05, 3.63) is 69.6 Å². The summed E-state index contributed by atoms with van der Waals surface area (Å²) in [5.41, 5.74) is 1.78. The van der Waals surface area contributed by atoms with E-state index in [0.29, 0.717) is 39.9 Å². The molecule has 0 spiro atoms. The van der Waals surface area contributed by atoms with Crippen molar-refractivity contribution in [2.24, 2.45) is 0 Å². The molecule has 4 aromatic rings. The van der Waals surface area contributed by atoms with Crippen LogP contribution in [0.1, 0.15) is 26.6 Å². The van der Waals surface area contributed by atoms with Gasteiger partial charge in [-0.1, -0.05) is 36.0 Å². The molecular weight excluding hydrogens is 444 g/mol. The van der Waals surface area contributed by atoms with E-state index >= 15 is 0 Å². The Morgan fingerprint density at radius 1 is 1.12 bits per heavy atom. The number of carbonyl (C=O) groups excluding carboxylic acids is 2. The fraction of sp³-hybridized carbons (Fsp3) is 0.217. The molecule has 7 nitrogen and oxygen atoms in total. The zero-order chi connectivity index (χ0) is 22.7. The molecule has 1 N–H and O–H groups in total. The molecule has 164 valence electrons. The Bertz CT molecular complexity index is 1250. The number of anilines is 1. The van der Waals surface area contributed by atoms with Gasteiger partial charge in [0.15, 0.2) is 5.16 Å². The molecule has 0 atom stereocenters. The summed E-state index contributed by atoms with van der Waals surface area (Å²) in [4.78, 5) is 37.1. The smallest absolute Gasteiger partial charge is 0.256 e. The van der Waals surface area contributed by atoms with Gasteiger partial charge in [-0.25, -0.2) is 4.98 Å². The minimum atomic E-state index is -0.272. The highest BCUT2D eigenvalue weighted by atomic mass is 32.2. The molecule has 0 aliphatic carbocycles. The summed E-state index contributed by atoms with van der Waals surface area (Å²) in [5.74, 6) is 0.955. The second-order valence-electron chi connectivity index (χ2n) is 7.26. The van der Waals surface area contributed by atoms with Gasteiger partial charge in [0.05, 0.1) is 17.7 Å². The zero-order valence-corrected chi connectivity index (χ0v) is 19.5. The largest absolute Gasteiger partial charge is 0.443 e. The second kappa shape index (κ2) is 9.54. The number of hydrogen-bond donors (Lipinski definition) is 1. The Hall–Kier alpha value is -3.17. The van der Waals surface area contributed by atoms with Crippen LogP contribution in [0.25, 0.3) is 11.1 Å². The second-order valence-corrected chi connectivity index (χ2v) is 9.23. The van der Waals surface area contributed by atoms with Gasteiger partial charge in [-0.2, -0.15) is 4.98 Å². The zero-order valence-electron chi connectivity index (χ0n) is 17.9. The number of carbonyl (C=O) groups is 2. The van der Waals surface area contributed by atoms with Crippen molar-refractivity contribution in [2.75, 3.05) is 18.1 Å². The highest BCUT2D eigenvalue weighted by Gasteiger charge is 2.20. The van der Waals surface area contributed by atoms with Gasteiger partial charge in [0.1, 0.15) is 11.6 Å². The lowest BCUT2D eigenvalue weighted by Crippen LogP contribution is -2.27. The number of aromatic nitrogens is 2. The molecule has 0 saturated carbocycles. The monoisotopic (exact) mass is 466 g/mol. The highest BCUT2D eigenvalue weighted by molar-refractivity contribution is 7.99. The fourth-order valence-corrected chi connectivity index (χ4v) is 4.65. The van der Waals surface area contributed by atoms with Crippen molar-refractivity contribution in [1.29, 1.82) is 0 Å². The van der Waals surface area contributed by atoms with Crippen molar-refractivity contribution in [2.45, 2.75) is 25.5 Å². The first-order chi connectivity index (χ1) is 15.4. The third-order valence-corrected chi connectivity index (χ3v) is 6.69. The maximum Gasteiger partial charge on any atom is 0.256 e. The Balaban J connectivity index is 1.54. The predicted octanol–water partition coefficient (Wildman–Crippen LogP) is 4.90. The first-order valence-corrected chi connectivity index (χ1v) is 11.8. The normalized spacial score (nSPS) is 11.0. The quantitative estimate of drug-likeness (QED) is 0.308. The minimum Gasteiger partial charge on any atom is -0.443 e. The molecule has 0 radical (unpaired) electrons. The molecule has 2 amide bonds. The van der Waals surface area contributed by atoms with Crippen molar-refractivity contribution >= 4 is 51.8 Å². The van der Waals surface area contributed by atoms with Gasteiger partial charge in [0, 0.05) is 23.1 Å². The van der Waals surface area contributed by atoms with Crippen LogP contribution in [-0.4, -0.2) is 39.5 Å². The number of rotatable bonds is 7. The molecule has 9 heteroatoms. The maximum absolute atomic E-state index is 12.7. The molecule has 3 heterocycles. The number of thiophene rings is 1. The number of thioether (sulfide) groups is 1. The third-order valence-electron chi connectivity index (χ3n) is 5.00. The lowest BCUT2D eigenvalue weighted by Gasteiger charge is -2.15. The average molecular weight is 467 g/mol. The Morgan fingerprint density at radius 2 is 1.91 bits per heavy atom. The van der Waals surface area contributed by atoms with E-state index in [0.717, 1.165) is 10.4 Å². The van der Waals surface area contributed by atoms with Crippen molar-refractivity contribution in [1.82, 2.24) is 14.9 Å². The lowest BCUT2D eigenvalue weighted by atomic mass is 10.2. The van der Waals surface area contributed by atoms with Crippen LogP contribution < -0.4 is 5.32 Å². The Labute approximate surface area is 193 Å². The minimum absolute atomic E-state index is 0.0335. The van der Waals surface area contributed by atoms with Gasteiger partial charge in [0.2, 0.25) is 11.6 Å². The van der Waals surface area contributed by atoms with Crippen LogP contribution in [0.2, 0.25) is 0 Å². The molecule has 1 aromatic carbocycles. The third kappa shape index (κ3) is 4.84. The van der Waals surface area contributed by atoms with Crippen molar-refractivity contribution < 1.29 is 14.0 Å². The standard InChI is InChI=1S/C23H22N4O3S2/c1-14-15(2)30-22-19(14)20(24-21(29)16-8-5-4-6-9-16)25-23(26-22)32-13-18(28)27(3)12-17-10-7-11-31-17/h4-11H,12-13H2,1-3H3,(H,24,25,26,29). The number of nitrogens with zero attached hydrogens (tertiary/aromatic N) is 3. The Kier molecular flexibility index (Phi) is 6.57. The van der Waals surface area contributed by atoms with Gasteiger partial charge in [-0.3, -0.25) is 9.59 Å². The number of furan rings is 1. The molecule has 0 unspecified atom stereocenters. The van der Waals surface area contributed by atoms with Crippen molar-refractivity contribution in [3.8, 4) is 0 Å². The molecular formula is C23H22N4O3S2. The molecule has 0 aliphatic rings. The molecule has 0 bridgehead atoms. The van der Waals surface area contributed by atoms with E-state index in [4.69, 9.17) is 4.42 Å². The topological polar surface area (TPSA) is 88.3 Å². The van der Waals surface area contributed by atoms with Crippen LogP contribution in [0.5, 0.6) is 0 Å². The number of nitrogens with one attached hydrogen (secondary N) is 1. The molecule has 0 fully saturated rings. The van der Waals surface area contributed by atoms with Crippen LogP contribution >= 0.6 is 23.1 Å². The summed E-state index contributed by atoms with van der Waals surface area (Å²) in [6, 6.07) is 12.9. The van der Waals surface area contributed by atoms with Crippen LogP contribution in [0.4, 0.5) is 5.82 Å². The van der Waals surface area contributed by atoms with Crippen molar-refractivity contribution in [3.63, 3.8) is 0 Å². The predicted molar refractivity (Wildman–Crippen MR) is 127 cm³/mol. The van der Waals surface area contributed by atoms with Crippen LogP contribution in [0.3, 0.4) is 0 Å². The van der Waals surface area contributed by atoms with E-state index in [2.05, 4.69) is 15.3 Å². The summed E-state index contributed by atoms with van der Waals surface area (Å²) in [6.07, 6.45) is 0. The van der Waals surface area contributed by atoms with Crippen LogP contribution in [-0.2, 0) is 11.3 Å².